The Bertz CT molecular complexity index is 916. The molecule has 1 fully saturated rings. The lowest BCUT2D eigenvalue weighted by Gasteiger charge is -2.41. The van der Waals surface area contributed by atoms with Gasteiger partial charge in [0, 0.05) is 0 Å². The Morgan fingerprint density at radius 3 is 2.05 bits per heavy atom. The van der Waals surface area contributed by atoms with Crippen LogP contribution in [0.5, 0.6) is 0 Å². The smallest absolute Gasteiger partial charge is 0.389 e. The van der Waals surface area contributed by atoms with Crippen LogP contribution in [0.25, 0.3) is 0 Å². The second-order valence-corrected chi connectivity index (χ2v) is 12.5. The van der Waals surface area contributed by atoms with E-state index in [2.05, 4.69) is 18.3 Å². The molecule has 9 N–H and O–H groups in total. The molecule has 0 aliphatic heterocycles. The van der Waals surface area contributed by atoms with E-state index in [0.29, 0.717) is 12.8 Å². The van der Waals surface area contributed by atoms with Gasteiger partial charge in [0.25, 0.3) is 0 Å². The summed E-state index contributed by atoms with van der Waals surface area (Å²) < 4.78 is 22.3. The quantitative estimate of drug-likeness (QED) is 0.0461. The third-order valence-corrected chi connectivity index (χ3v) is 8.19. The summed E-state index contributed by atoms with van der Waals surface area (Å²) in [5.41, 5.74) is 0. The van der Waals surface area contributed by atoms with Gasteiger partial charge in [-0.25, -0.2) is 4.57 Å². The Balaban J connectivity index is 2.67. The van der Waals surface area contributed by atoms with Gasteiger partial charge in [-0.15, -0.1) is 0 Å². The lowest BCUT2D eigenvalue weighted by Crippen LogP contribution is -2.64. The van der Waals surface area contributed by atoms with Crippen LogP contribution < -0.4 is 5.32 Å². The molecule has 8 unspecified atom stereocenters. The van der Waals surface area contributed by atoms with E-state index in [1.165, 1.54) is 44.3 Å². The number of aliphatic hydroxyl groups is 7. The molecule has 1 rings (SSSR count). The van der Waals surface area contributed by atoms with E-state index in [1.807, 2.05) is 13.0 Å². The average molecular weight is 652 g/mol. The highest BCUT2D eigenvalue weighted by Crippen LogP contribution is 2.47. The van der Waals surface area contributed by atoms with Gasteiger partial charge in [0.1, 0.15) is 36.6 Å². The molecule has 0 aromatic rings. The zero-order chi connectivity index (χ0) is 33.1. The predicted molar refractivity (Wildman–Crippen MR) is 164 cm³/mol. The van der Waals surface area contributed by atoms with Crippen LogP contribution in [0.3, 0.4) is 0 Å². The van der Waals surface area contributed by atoms with Crippen LogP contribution in [-0.2, 0) is 18.4 Å². The number of allylic oxidation sites excluding steroid dienone is 4. The second-order valence-electron chi connectivity index (χ2n) is 11.1. The van der Waals surface area contributed by atoms with Gasteiger partial charge >= 0.3 is 7.82 Å². The predicted octanol–water partition coefficient (Wildman–Crippen LogP) is 1.51. The Morgan fingerprint density at radius 2 is 1.41 bits per heavy atom. The first-order valence-corrected chi connectivity index (χ1v) is 17.0. The van der Waals surface area contributed by atoms with Crippen LogP contribution in [0, 0.1) is 0 Å². The summed E-state index contributed by atoms with van der Waals surface area (Å²) >= 11 is 0. The van der Waals surface area contributed by atoms with Gasteiger partial charge < -0.3 is 46.0 Å². The fourth-order valence-electron chi connectivity index (χ4n) is 4.54. The molecular weight excluding hydrogens is 597 g/mol. The van der Waals surface area contributed by atoms with Crippen molar-refractivity contribution in [2.24, 2.45) is 0 Å². The van der Waals surface area contributed by atoms with E-state index in [1.54, 1.807) is 12.2 Å². The maximum atomic E-state index is 12.6. The van der Waals surface area contributed by atoms with E-state index < -0.39 is 75.2 Å². The Labute approximate surface area is 260 Å². The molecule has 1 amide bonds. The van der Waals surface area contributed by atoms with Gasteiger partial charge in [0.15, 0.2) is 0 Å². The lowest BCUT2D eigenvalue weighted by molar-refractivity contribution is -0.220. The van der Waals surface area contributed by atoms with Crippen molar-refractivity contribution in [3.8, 4) is 0 Å². The minimum absolute atomic E-state index is 0.355. The van der Waals surface area contributed by atoms with Crippen molar-refractivity contribution < 1.29 is 59.0 Å². The van der Waals surface area contributed by atoms with E-state index in [4.69, 9.17) is 9.05 Å². The molecule has 0 radical (unpaired) electrons. The molecule has 0 aromatic heterocycles. The summed E-state index contributed by atoms with van der Waals surface area (Å²) in [4.78, 5) is 22.8. The summed E-state index contributed by atoms with van der Waals surface area (Å²) in [6.45, 7) is 3.34. The molecule has 0 saturated heterocycles. The van der Waals surface area contributed by atoms with Crippen molar-refractivity contribution in [2.45, 2.75) is 139 Å². The first-order valence-electron chi connectivity index (χ1n) is 15.5. The number of hydrogen-bond donors (Lipinski definition) is 9. The number of rotatable bonds is 22. The number of phosphoric ester groups is 1. The van der Waals surface area contributed by atoms with Crippen LogP contribution in [0.4, 0.5) is 0 Å². The first-order chi connectivity index (χ1) is 20.8. The normalized spacial score (nSPS) is 28.0. The molecule has 8 atom stereocenters. The fourth-order valence-corrected chi connectivity index (χ4v) is 5.50. The highest BCUT2D eigenvalue weighted by atomic mass is 31.2. The minimum Gasteiger partial charge on any atom is -0.389 e. The summed E-state index contributed by atoms with van der Waals surface area (Å²) in [7, 11) is -5.12. The van der Waals surface area contributed by atoms with Crippen LogP contribution >= 0.6 is 7.82 Å². The molecule has 0 heterocycles. The molecule has 14 heteroatoms. The molecule has 0 bridgehead atoms. The molecular formula is C30H54NO12P. The number of amides is 1. The lowest BCUT2D eigenvalue weighted by atomic mass is 9.85. The van der Waals surface area contributed by atoms with Gasteiger partial charge in [-0.1, -0.05) is 88.8 Å². The summed E-state index contributed by atoms with van der Waals surface area (Å²) in [6, 6.07) is -1.26. The van der Waals surface area contributed by atoms with Crippen molar-refractivity contribution in [3.63, 3.8) is 0 Å². The third-order valence-electron chi connectivity index (χ3n) is 7.21. The maximum Gasteiger partial charge on any atom is 0.472 e. The van der Waals surface area contributed by atoms with Gasteiger partial charge in [0.05, 0.1) is 31.3 Å². The van der Waals surface area contributed by atoms with Gasteiger partial charge in [0.2, 0.25) is 5.91 Å². The number of aliphatic hydroxyl groups excluding tert-OH is 7. The van der Waals surface area contributed by atoms with Crippen LogP contribution in [0.2, 0.25) is 0 Å². The summed E-state index contributed by atoms with van der Waals surface area (Å²) in [6.07, 6.45) is 5.82. The highest BCUT2D eigenvalue weighted by molar-refractivity contribution is 7.47. The van der Waals surface area contributed by atoms with Crippen molar-refractivity contribution >= 4 is 13.7 Å². The largest absolute Gasteiger partial charge is 0.472 e. The number of unbranched alkanes of at least 4 members (excludes halogenated alkanes) is 7. The van der Waals surface area contributed by atoms with Crippen LogP contribution in [0.1, 0.15) is 84.5 Å². The molecule has 0 aromatic carbocycles. The van der Waals surface area contributed by atoms with E-state index in [-0.39, 0.29) is 6.42 Å². The topological polar surface area (TPSA) is 226 Å². The molecule has 1 aliphatic carbocycles. The Kier molecular flexibility index (Phi) is 20.4. The molecule has 1 saturated carbocycles. The number of phosphoric acid groups is 1. The van der Waals surface area contributed by atoms with Crippen molar-refractivity contribution in [1.29, 1.82) is 0 Å². The molecule has 1 aliphatic rings. The van der Waals surface area contributed by atoms with E-state index in [9.17, 15) is 50.0 Å². The number of nitrogens with one attached hydrogen (secondary N) is 1. The zero-order valence-corrected chi connectivity index (χ0v) is 26.7. The minimum atomic E-state index is -5.12. The summed E-state index contributed by atoms with van der Waals surface area (Å²) in [5, 5.41) is 72.8. The van der Waals surface area contributed by atoms with Crippen LogP contribution in [0.15, 0.2) is 36.5 Å². The second kappa shape index (κ2) is 22.1. The highest BCUT2D eigenvalue weighted by Gasteiger charge is 2.51. The van der Waals surface area contributed by atoms with Crippen molar-refractivity contribution in [1.82, 2.24) is 5.32 Å². The Morgan fingerprint density at radius 1 is 0.795 bits per heavy atom. The Hall–Kier alpha value is -1.48. The average Bonchev–Trinajstić information content (AvgIpc) is 2.98. The van der Waals surface area contributed by atoms with Crippen LogP contribution in [-0.4, -0.2) is 108 Å². The number of carbonyl (C=O) groups excluding carboxylic acids is 1. The fraction of sp³-hybridized carbons (Fsp3) is 0.767. The van der Waals surface area contributed by atoms with Gasteiger partial charge in [-0.3, -0.25) is 13.8 Å². The summed E-state index contributed by atoms with van der Waals surface area (Å²) in [5.74, 6) is -0.677. The van der Waals surface area contributed by atoms with Crippen molar-refractivity contribution in [2.75, 3.05) is 6.61 Å². The molecule has 13 nitrogen and oxygen atoms in total. The number of hydrogen-bond acceptors (Lipinski definition) is 11. The molecule has 256 valence electrons. The standard InChI is InChI=1S/C30H54NO12P/c1-3-5-7-8-9-10-11-12-13-14-16-17-21(32)19-24(34)31-22(23(33)18-15-6-4-2)20-42-44(40,41)43-30-28(38)26(36)25(35)27(37)29(30)39/h12-13,15-18,21-23,25-30,32-33,35-39H,3-11,14,19-20H2,1-2H3,(H,31,34)(H,40,41)/b13-12-,17-16-,18-15+. The van der Waals surface area contributed by atoms with E-state index >= 15 is 0 Å². The third kappa shape index (κ3) is 15.7. The van der Waals surface area contributed by atoms with E-state index in [0.717, 1.165) is 19.3 Å². The monoisotopic (exact) mass is 651 g/mol. The molecule has 44 heavy (non-hydrogen) atoms. The van der Waals surface area contributed by atoms with Gasteiger partial charge in [-0.05, 0) is 25.7 Å². The van der Waals surface area contributed by atoms with Crippen molar-refractivity contribution in [3.05, 3.63) is 36.5 Å². The van der Waals surface area contributed by atoms with Gasteiger partial charge in [-0.2, -0.15) is 0 Å². The molecule has 0 spiro atoms. The maximum absolute atomic E-state index is 12.6. The SMILES string of the molecule is CCC/C=C/C(O)C(COP(=O)(O)OC1C(O)C(O)C(O)C(O)C1O)NC(=O)CC(O)/C=C\C/C=C\CCCCCCCC. The number of carbonyl (C=O) groups is 1. The first kappa shape index (κ1) is 40.5. The zero-order valence-electron chi connectivity index (χ0n) is 25.8.